The zero-order valence-corrected chi connectivity index (χ0v) is 8.10. The van der Waals surface area contributed by atoms with Gasteiger partial charge in [-0.1, -0.05) is 42.2 Å². The van der Waals surface area contributed by atoms with Crippen molar-refractivity contribution in [2.75, 3.05) is 6.61 Å². The van der Waals surface area contributed by atoms with Gasteiger partial charge in [-0.05, 0) is 0 Å². The van der Waals surface area contributed by atoms with E-state index in [1.165, 1.54) is 0 Å². The predicted molar refractivity (Wildman–Crippen MR) is 58.1 cm³/mol. The van der Waals surface area contributed by atoms with Crippen LogP contribution in [0.4, 0.5) is 0 Å². The van der Waals surface area contributed by atoms with E-state index in [0.29, 0.717) is 0 Å². The van der Waals surface area contributed by atoms with E-state index in [-0.39, 0.29) is 6.61 Å². The summed E-state index contributed by atoms with van der Waals surface area (Å²) in [5.41, 5.74) is 1.80. The fourth-order valence-electron chi connectivity index (χ4n) is 1.30. The van der Waals surface area contributed by atoms with Crippen molar-refractivity contribution >= 4 is 0 Å². The van der Waals surface area contributed by atoms with Gasteiger partial charge in [-0.2, -0.15) is 0 Å². The SMILES string of the molecule is OCC#Cc1coc(-c2ccccc2)c1. The van der Waals surface area contributed by atoms with Crippen molar-refractivity contribution in [2.45, 2.75) is 0 Å². The van der Waals surface area contributed by atoms with Crippen LogP contribution in [-0.2, 0) is 0 Å². The molecule has 0 spiro atoms. The third-order valence-electron chi connectivity index (χ3n) is 1.97. The van der Waals surface area contributed by atoms with Crippen molar-refractivity contribution < 1.29 is 9.52 Å². The highest BCUT2D eigenvalue weighted by atomic mass is 16.3. The van der Waals surface area contributed by atoms with Crippen LogP contribution >= 0.6 is 0 Å². The van der Waals surface area contributed by atoms with E-state index in [1.807, 2.05) is 36.4 Å². The molecule has 2 rings (SSSR count). The number of aliphatic hydroxyl groups excluding tert-OH is 1. The molecule has 1 N–H and O–H groups in total. The first-order valence-corrected chi connectivity index (χ1v) is 4.64. The van der Waals surface area contributed by atoms with Gasteiger partial charge in [-0.3, -0.25) is 0 Å². The second-order valence-corrected chi connectivity index (χ2v) is 3.03. The molecule has 0 bridgehead atoms. The van der Waals surface area contributed by atoms with Crippen molar-refractivity contribution in [3.05, 3.63) is 48.2 Å². The van der Waals surface area contributed by atoms with E-state index in [4.69, 9.17) is 9.52 Å². The number of furan rings is 1. The first-order valence-electron chi connectivity index (χ1n) is 4.64. The highest BCUT2D eigenvalue weighted by Crippen LogP contribution is 2.20. The van der Waals surface area contributed by atoms with Gasteiger partial charge in [0.15, 0.2) is 0 Å². The molecular formula is C13H10O2. The molecule has 2 aromatic rings. The second-order valence-electron chi connectivity index (χ2n) is 3.03. The summed E-state index contributed by atoms with van der Waals surface area (Å²) in [5, 5.41) is 8.55. The summed E-state index contributed by atoms with van der Waals surface area (Å²) < 4.78 is 5.36. The lowest BCUT2D eigenvalue weighted by Gasteiger charge is -1.92. The topological polar surface area (TPSA) is 33.4 Å². The van der Waals surface area contributed by atoms with Crippen LogP contribution in [-0.4, -0.2) is 11.7 Å². The molecule has 74 valence electrons. The van der Waals surface area contributed by atoms with E-state index in [2.05, 4.69) is 11.8 Å². The average Bonchev–Trinajstić information content (AvgIpc) is 2.76. The lowest BCUT2D eigenvalue weighted by molar-refractivity contribution is 0.350. The van der Waals surface area contributed by atoms with Crippen molar-refractivity contribution in [2.24, 2.45) is 0 Å². The Balaban J connectivity index is 2.28. The van der Waals surface area contributed by atoms with Crippen molar-refractivity contribution in [3.8, 4) is 23.2 Å². The number of rotatable bonds is 1. The summed E-state index contributed by atoms with van der Waals surface area (Å²) in [4.78, 5) is 0. The minimum absolute atomic E-state index is 0.133. The van der Waals surface area contributed by atoms with Crippen LogP contribution < -0.4 is 0 Å². The maximum absolute atomic E-state index is 8.55. The van der Waals surface area contributed by atoms with Gasteiger partial charge in [0, 0.05) is 11.6 Å². The third-order valence-corrected chi connectivity index (χ3v) is 1.97. The molecule has 1 aromatic heterocycles. The van der Waals surface area contributed by atoms with E-state index in [9.17, 15) is 0 Å². The Kier molecular flexibility index (Phi) is 2.87. The summed E-state index contributed by atoms with van der Waals surface area (Å²) in [5.74, 6) is 6.16. The van der Waals surface area contributed by atoms with Gasteiger partial charge in [0.2, 0.25) is 0 Å². The maximum atomic E-state index is 8.55. The smallest absolute Gasteiger partial charge is 0.135 e. The molecule has 0 aliphatic carbocycles. The van der Waals surface area contributed by atoms with Crippen molar-refractivity contribution in [1.29, 1.82) is 0 Å². The Morgan fingerprint density at radius 1 is 1.20 bits per heavy atom. The van der Waals surface area contributed by atoms with Crippen LogP contribution in [0.5, 0.6) is 0 Å². The Morgan fingerprint density at radius 2 is 2.00 bits per heavy atom. The molecule has 15 heavy (non-hydrogen) atoms. The zero-order valence-electron chi connectivity index (χ0n) is 8.10. The van der Waals surface area contributed by atoms with E-state index < -0.39 is 0 Å². The summed E-state index contributed by atoms with van der Waals surface area (Å²) in [7, 11) is 0. The Bertz CT molecular complexity index is 486. The van der Waals surface area contributed by atoms with Crippen LogP contribution in [0, 0.1) is 11.8 Å². The minimum atomic E-state index is -0.133. The normalized spacial score (nSPS) is 9.40. The highest BCUT2D eigenvalue weighted by Gasteiger charge is 2.01. The molecule has 2 heteroatoms. The van der Waals surface area contributed by atoms with E-state index >= 15 is 0 Å². The van der Waals surface area contributed by atoms with Crippen molar-refractivity contribution in [1.82, 2.24) is 0 Å². The molecular weight excluding hydrogens is 188 g/mol. The Labute approximate surface area is 88.2 Å². The lowest BCUT2D eigenvalue weighted by atomic mass is 10.1. The van der Waals surface area contributed by atoms with Crippen LogP contribution in [0.1, 0.15) is 5.56 Å². The number of aliphatic hydroxyl groups is 1. The molecule has 0 saturated carbocycles. The van der Waals surface area contributed by atoms with Gasteiger partial charge in [0.05, 0.1) is 5.56 Å². The largest absolute Gasteiger partial charge is 0.463 e. The van der Waals surface area contributed by atoms with Crippen LogP contribution in [0.15, 0.2) is 47.1 Å². The first-order chi connectivity index (χ1) is 7.40. The molecule has 1 heterocycles. The van der Waals surface area contributed by atoms with E-state index in [1.54, 1.807) is 6.26 Å². The molecule has 0 aliphatic heterocycles. The summed E-state index contributed by atoms with van der Waals surface area (Å²) in [6.07, 6.45) is 1.59. The summed E-state index contributed by atoms with van der Waals surface area (Å²) >= 11 is 0. The predicted octanol–water partition coefficient (Wildman–Crippen LogP) is 2.29. The van der Waals surface area contributed by atoms with Gasteiger partial charge < -0.3 is 9.52 Å². The Morgan fingerprint density at radius 3 is 2.73 bits per heavy atom. The van der Waals surface area contributed by atoms with Gasteiger partial charge >= 0.3 is 0 Å². The number of hydrogen-bond acceptors (Lipinski definition) is 2. The first kappa shape index (κ1) is 9.57. The highest BCUT2D eigenvalue weighted by molar-refractivity contribution is 5.59. The van der Waals surface area contributed by atoms with E-state index in [0.717, 1.165) is 16.9 Å². The second kappa shape index (κ2) is 4.50. The van der Waals surface area contributed by atoms with Gasteiger partial charge in [0.25, 0.3) is 0 Å². The molecule has 0 fully saturated rings. The minimum Gasteiger partial charge on any atom is -0.463 e. The zero-order chi connectivity index (χ0) is 10.5. The third kappa shape index (κ3) is 2.28. The van der Waals surface area contributed by atoms with Gasteiger partial charge in [0.1, 0.15) is 18.6 Å². The maximum Gasteiger partial charge on any atom is 0.135 e. The number of benzene rings is 1. The number of hydrogen-bond donors (Lipinski definition) is 1. The van der Waals surface area contributed by atoms with Crippen LogP contribution in [0.25, 0.3) is 11.3 Å². The fraction of sp³-hybridized carbons (Fsp3) is 0.0769. The monoisotopic (exact) mass is 198 g/mol. The summed E-state index contributed by atoms with van der Waals surface area (Å²) in [6, 6.07) is 11.7. The average molecular weight is 198 g/mol. The Hall–Kier alpha value is -1.98. The molecule has 0 atom stereocenters. The molecule has 2 nitrogen and oxygen atoms in total. The quantitative estimate of drug-likeness (QED) is 0.713. The molecule has 0 aliphatic rings. The van der Waals surface area contributed by atoms with Crippen LogP contribution in [0.3, 0.4) is 0 Å². The van der Waals surface area contributed by atoms with Crippen LogP contribution in [0.2, 0.25) is 0 Å². The fourth-order valence-corrected chi connectivity index (χ4v) is 1.30. The molecule has 0 radical (unpaired) electrons. The lowest BCUT2D eigenvalue weighted by Crippen LogP contribution is -1.72. The molecule has 1 aromatic carbocycles. The molecule has 0 amide bonds. The van der Waals surface area contributed by atoms with Crippen molar-refractivity contribution in [3.63, 3.8) is 0 Å². The molecule has 0 saturated heterocycles. The summed E-state index contributed by atoms with van der Waals surface area (Å²) in [6.45, 7) is -0.133. The van der Waals surface area contributed by atoms with Gasteiger partial charge in [-0.25, -0.2) is 0 Å². The standard InChI is InChI=1S/C13H10O2/c14-8-4-5-11-9-13(15-10-11)12-6-2-1-3-7-12/h1-3,6-7,9-10,14H,8H2. The van der Waals surface area contributed by atoms with Gasteiger partial charge in [-0.15, -0.1) is 0 Å². The molecule has 0 unspecified atom stereocenters.